The van der Waals surface area contributed by atoms with Crippen molar-refractivity contribution < 1.29 is 0 Å². The molecule has 1 unspecified atom stereocenters. The maximum absolute atomic E-state index is 4.15. The highest BCUT2D eigenvalue weighted by molar-refractivity contribution is 5.86. The Balaban J connectivity index is 1.82. The first kappa shape index (κ1) is 12.9. The van der Waals surface area contributed by atoms with Crippen LogP contribution in [0.5, 0.6) is 0 Å². The molecule has 0 fully saturated rings. The summed E-state index contributed by atoms with van der Waals surface area (Å²) in [6.07, 6.45) is 3.74. The molecule has 1 heterocycles. The van der Waals surface area contributed by atoms with Crippen LogP contribution in [0.4, 0.5) is 0 Å². The average molecular weight is 265 g/mol. The fraction of sp³-hybridized carbons (Fsp3) is 0.235. The molecule has 3 aromatic rings. The zero-order valence-corrected chi connectivity index (χ0v) is 11.9. The largest absolute Gasteiger partial charge is 0.337 e. The van der Waals surface area contributed by atoms with Gasteiger partial charge in [-0.25, -0.2) is 4.98 Å². The quantitative estimate of drug-likeness (QED) is 0.783. The molecule has 0 radical (unpaired) electrons. The van der Waals surface area contributed by atoms with Crippen molar-refractivity contribution in [3.63, 3.8) is 0 Å². The van der Waals surface area contributed by atoms with Crippen LogP contribution in [0.1, 0.15) is 24.2 Å². The number of imidazole rings is 1. The van der Waals surface area contributed by atoms with Crippen LogP contribution < -0.4 is 5.32 Å². The second-order valence-electron chi connectivity index (χ2n) is 5.17. The SMILES string of the molecule is CC(NCc1cncn1C)c1cccc2ccccc12. The Morgan fingerprint density at radius 2 is 1.95 bits per heavy atom. The molecule has 0 saturated carbocycles. The molecule has 0 aliphatic heterocycles. The molecule has 0 spiro atoms. The van der Waals surface area contributed by atoms with E-state index in [1.54, 1.807) is 0 Å². The van der Waals surface area contributed by atoms with E-state index in [9.17, 15) is 0 Å². The summed E-state index contributed by atoms with van der Waals surface area (Å²) >= 11 is 0. The molecule has 3 rings (SSSR count). The van der Waals surface area contributed by atoms with Crippen molar-refractivity contribution in [2.75, 3.05) is 0 Å². The van der Waals surface area contributed by atoms with Gasteiger partial charge in [0.05, 0.1) is 12.0 Å². The van der Waals surface area contributed by atoms with Gasteiger partial charge in [-0.2, -0.15) is 0 Å². The molecule has 1 aromatic heterocycles. The number of hydrogen-bond acceptors (Lipinski definition) is 2. The molecule has 1 atom stereocenters. The van der Waals surface area contributed by atoms with Crippen LogP contribution in [0.15, 0.2) is 55.0 Å². The van der Waals surface area contributed by atoms with E-state index in [1.807, 2.05) is 24.1 Å². The predicted molar refractivity (Wildman–Crippen MR) is 82.4 cm³/mol. The van der Waals surface area contributed by atoms with E-state index in [4.69, 9.17) is 0 Å². The van der Waals surface area contributed by atoms with Gasteiger partial charge in [0.2, 0.25) is 0 Å². The monoisotopic (exact) mass is 265 g/mol. The predicted octanol–water partition coefficient (Wildman–Crippen LogP) is 3.42. The van der Waals surface area contributed by atoms with Crippen LogP contribution in [0, 0.1) is 0 Å². The first-order valence-electron chi connectivity index (χ1n) is 6.92. The van der Waals surface area contributed by atoms with Crippen LogP contribution >= 0.6 is 0 Å². The van der Waals surface area contributed by atoms with Crippen molar-refractivity contribution in [3.8, 4) is 0 Å². The van der Waals surface area contributed by atoms with Crippen molar-refractivity contribution in [3.05, 3.63) is 66.2 Å². The number of aromatic nitrogens is 2. The lowest BCUT2D eigenvalue weighted by atomic mass is 10.00. The lowest BCUT2D eigenvalue weighted by Crippen LogP contribution is -2.19. The molecule has 0 bridgehead atoms. The van der Waals surface area contributed by atoms with Gasteiger partial charge in [-0.3, -0.25) is 0 Å². The molecule has 0 aliphatic rings. The van der Waals surface area contributed by atoms with E-state index in [0.717, 1.165) is 6.54 Å². The summed E-state index contributed by atoms with van der Waals surface area (Å²) in [4.78, 5) is 4.15. The number of aryl methyl sites for hydroxylation is 1. The van der Waals surface area contributed by atoms with E-state index in [2.05, 4.69) is 59.7 Å². The minimum Gasteiger partial charge on any atom is -0.337 e. The lowest BCUT2D eigenvalue weighted by molar-refractivity contribution is 0.561. The fourth-order valence-corrected chi connectivity index (χ4v) is 2.55. The summed E-state index contributed by atoms with van der Waals surface area (Å²) < 4.78 is 2.04. The van der Waals surface area contributed by atoms with Crippen molar-refractivity contribution in [2.24, 2.45) is 7.05 Å². The van der Waals surface area contributed by atoms with Gasteiger partial charge in [-0.1, -0.05) is 42.5 Å². The smallest absolute Gasteiger partial charge is 0.0945 e. The molecular weight excluding hydrogens is 246 g/mol. The highest BCUT2D eigenvalue weighted by atomic mass is 15.0. The van der Waals surface area contributed by atoms with Crippen molar-refractivity contribution in [2.45, 2.75) is 19.5 Å². The molecule has 20 heavy (non-hydrogen) atoms. The third-order valence-corrected chi connectivity index (χ3v) is 3.80. The Kier molecular flexibility index (Phi) is 3.52. The highest BCUT2D eigenvalue weighted by Gasteiger charge is 2.09. The molecule has 1 N–H and O–H groups in total. The van der Waals surface area contributed by atoms with E-state index < -0.39 is 0 Å². The summed E-state index contributed by atoms with van der Waals surface area (Å²) in [5.74, 6) is 0. The summed E-state index contributed by atoms with van der Waals surface area (Å²) in [5.41, 5.74) is 2.53. The molecule has 3 heteroatoms. The summed E-state index contributed by atoms with van der Waals surface area (Å²) in [7, 11) is 2.02. The van der Waals surface area contributed by atoms with E-state index in [1.165, 1.54) is 22.0 Å². The third-order valence-electron chi connectivity index (χ3n) is 3.80. The standard InChI is InChI=1S/C17H19N3/c1-13(19-11-15-10-18-12-20(15)2)16-9-5-7-14-6-3-4-8-17(14)16/h3-10,12-13,19H,11H2,1-2H3. The molecule has 0 amide bonds. The Hall–Kier alpha value is -2.13. The fourth-order valence-electron chi connectivity index (χ4n) is 2.55. The molecule has 0 aliphatic carbocycles. The molecule has 2 aromatic carbocycles. The number of nitrogens with zero attached hydrogens (tertiary/aromatic N) is 2. The minimum absolute atomic E-state index is 0.302. The molecule has 0 saturated heterocycles. The zero-order chi connectivity index (χ0) is 13.9. The first-order chi connectivity index (χ1) is 9.75. The van der Waals surface area contributed by atoms with Crippen molar-refractivity contribution >= 4 is 10.8 Å². The van der Waals surface area contributed by atoms with E-state index in [0.29, 0.717) is 6.04 Å². The number of fused-ring (bicyclic) bond motifs is 1. The number of nitrogens with one attached hydrogen (secondary N) is 1. The maximum Gasteiger partial charge on any atom is 0.0945 e. The minimum atomic E-state index is 0.302. The Morgan fingerprint density at radius 3 is 2.75 bits per heavy atom. The average Bonchev–Trinajstić information content (AvgIpc) is 2.89. The van der Waals surface area contributed by atoms with Gasteiger partial charge in [0.25, 0.3) is 0 Å². The Labute approximate surface area is 119 Å². The summed E-state index contributed by atoms with van der Waals surface area (Å²) in [6.45, 7) is 3.03. The Morgan fingerprint density at radius 1 is 1.15 bits per heavy atom. The van der Waals surface area contributed by atoms with Crippen molar-refractivity contribution in [1.82, 2.24) is 14.9 Å². The summed E-state index contributed by atoms with van der Waals surface area (Å²) in [6, 6.07) is 15.3. The first-order valence-corrected chi connectivity index (χ1v) is 6.92. The molecular formula is C17H19N3. The van der Waals surface area contributed by atoms with E-state index in [-0.39, 0.29) is 0 Å². The van der Waals surface area contributed by atoms with Crippen LogP contribution in [0.2, 0.25) is 0 Å². The van der Waals surface area contributed by atoms with Crippen molar-refractivity contribution in [1.29, 1.82) is 0 Å². The second kappa shape index (κ2) is 5.47. The van der Waals surface area contributed by atoms with Crippen LogP contribution in [-0.2, 0) is 13.6 Å². The number of hydrogen-bond donors (Lipinski definition) is 1. The van der Waals surface area contributed by atoms with Crippen LogP contribution in [-0.4, -0.2) is 9.55 Å². The Bertz CT molecular complexity index is 710. The normalized spacial score (nSPS) is 12.7. The maximum atomic E-state index is 4.15. The van der Waals surface area contributed by atoms with Gasteiger partial charge in [0.15, 0.2) is 0 Å². The number of rotatable bonds is 4. The second-order valence-corrected chi connectivity index (χ2v) is 5.17. The lowest BCUT2D eigenvalue weighted by Gasteiger charge is -2.16. The topological polar surface area (TPSA) is 29.9 Å². The summed E-state index contributed by atoms with van der Waals surface area (Å²) in [5, 5.41) is 6.18. The highest BCUT2D eigenvalue weighted by Crippen LogP contribution is 2.24. The third kappa shape index (κ3) is 2.45. The van der Waals surface area contributed by atoms with Gasteiger partial charge >= 0.3 is 0 Å². The molecule has 3 nitrogen and oxygen atoms in total. The van der Waals surface area contributed by atoms with Gasteiger partial charge in [-0.15, -0.1) is 0 Å². The zero-order valence-electron chi connectivity index (χ0n) is 11.9. The number of benzene rings is 2. The van der Waals surface area contributed by atoms with Gasteiger partial charge in [0.1, 0.15) is 0 Å². The van der Waals surface area contributed by atoms with Gasteiger partial charge in [0, 0.05) is 25.8 Å². The van der Waals surface area contributed by atoms with E-state index >= 15 is 0 Å². The van der Waals surface area contributed by atoms with Crippen LogP contribution in [0.25, 0.3) is 10.8 Å². The molecule has 102 valence electrons. The van der Waals surface area contributed by atoms with Crippen LogP contribution in [0.3, 0.4) is 0 Å². The van der Waals surface area contributed by atoms with Gasteiger partial charge < -0.3 is 9.88 Å². The van der Waals surface area contributed by atoms with Gasteiger partial charge in [-0.05, 0) is 23.3 Å².